The molecule has 2 fully saturated rings. The summed E-state index contributed by atoms with van der Waals surface area (Å²) < 4.78 is 23.6. The largest absolute Gasteiger partial charge is 0.480 e. The molecule has 0 aromatic rings. The van der Waals surface area contributed by atoms with E-state index in [0.29, 0.717) is 19.3 Å². The van der Waals surface area contributed by atoms with Crippen LogP contribution in [0.5, 0.6) is 0 Å². The molecular formula is C12H21NO4S. The molecule has 2 unspecified atom stereocenters. The normalized spacial score (nSPS) is 33.9. The number of nitrogens with one attached hydrogen (secondary N) is 1. The van der Waals surface area contributed by atoms with E-state index in [1.54, 1.807) is 0 Å². The third-order valence-corrected chi connectivity index (χ3v) is 5.97. The summed E-state index contributed by atoms with van der Waals surface area (Å²) in [6.07, 6.45) is 6.76. The van der Waals surface area contributed by atoms with Gasteiger partial charge in [0, 0.05) is 12.3 Å². The minimum Gasteiger partial charge on any atom is -0.480 e. The summed E-state index contributed by atoms with van der Waals surface area (Å²) in [7, 11) is -3.34. The Hall–Kier alpha value is -0.620. The van der Waals surface area contributed by atoms with Crippen LogP contribution in [0.25, 0.3) is 0 Å². The lowest BCUT2D eigenvalue weighted by Gasteiger charge is -2.34. The Balaban J connectivity index is 2.27. The van der Waals surface area contributed by atoms with Crippen LogP contribution >= 0.6 is 0 Å². The van der Waals surface area contributed by atoms with Crippen molar-refractivity contribution in [3.05, 3.63) is 0 Å². The molecule has 5 nitrogen and oxygen atoms in total. The predicted molar refractivity (Wildman–Crippen MR) is 68.2 cm³/mol. The molecule has 2 atom stereocenters. The van der Waals surface area contributed by atoms with Gasteiger partial charge in [-0.3, -0.25) is 10.1 Å². The number of hydrogen-bond acceptors (Lipinski definition) is 4. The zero-order valence-corrected chi connectivity index (χ0v) is 11.5. The Morgan fingerprint density at radius 1 is 1.22 bits per heavy atom. The van der Waals surface area contributed by atoms with E-state index in [1.807, 2.05) is 0 Å². The van der Waals surface area contributed by atoms with E-state index in [4.69, 9.17) is 0 Å². The van der Waals surface area contributed by atoms with Crippen molar-refractivity contribution in [2.24, 2.45) is 0 Å². The highest BCUT2D eigenvalue weighted by molar-refractivity contribution is 7.91. The highest BCUT2D eigenvalue weighted by Crippen LogP contribution is 2.37. The highest BCUT2D eigenvalue weighted by Gasteiger charge is 2.54. The van der Waals surface area contributed by atoms with Crippen LogP contribution in [0.15, 0.2) is 0 Å². The maximum absolute atomic E-state index is 11.8. The molecule has 0 bridgehead atoms. The fraction of sp³-hybridized carbons (Fsp3) is 0.917. The topological polar surface area (TPSA) is 83.5 Å². The van der Waals surface area contributed by atoms with Gasteiger partial charge in [-0.1, -0.05) is 12.8 Å². The van der Waals surface area contributed by atoms with E-state index >= 15 is 0 Å². The third-order valence-electron chi connectivity index (χ3n) is 4.30. The second kappa shape index (κ2) is 4.81. The van der Waals surface area contributed by atoms with E-state index < -0.39 is 26.6 Å². The molecule has 6 heteroatoms. The highest BCUT2D eigenvalue weighted by atomic mass is 32.2. The maximum atomic E-state index is 11.8. The Morgan fingerprint density at radius 3 is 2.33 bits per heavy atom. The summed E-state index contributed by atoms with van der Waals surface area (Å²) in [5.74, 6) is -1.01. The van der Waals surface area contributed by atoms with Gasteiger partial charge in [0.1, 0.15) is 5.54 Å². The molecular weight excluding hydrogens is 254 g/mol. The van der Waals surface area contributed by atoms with Crippen molar-refractivity contribution in [3.8, 4) is 0 Å². The smallest absolute Gasteiger partial charge is 0.325 e. The Kier molecular flexibility index (Phi) is 3.69. The van der Waals surface area contributed by atoms with Crippen LogP contribution in [-0.4, -0.2) is 42.6 Å². The minimum absolute atomic E-state index is 0.156. The molecule has 2 aliphatic rings. The molecule has 0 amide bonds. The molecule has 2 N–H and O–H groups in total. The lowest BCUT2D eigenvalue weighted by atomic mass is 9.95. The average Bonchev–Trinajstić information content (AvgIpc) is 2.86. The van der Waals surface area contributed by atoms with Gasteiger partial charge >= 0.3 is 5.97 Å². The fourth-order valence-corrected chi connectivity index (χ4v) is 5.07. The monoisotopic (exact) mass is 275 g/mol. The molecule has 0 heterocycles. The van der Waals surface area contributed by atoms with Crippen molar-refractivity contribution in [2.75, 3.05) is 6.26 Å². The van der Waals surface area contributed by atoms with Crippen molar-refractivity contribution >= 4 is 15.8 Å². The Bertz CT molecular complexity index is 427. The third kappa shape index (κ3) is 2.40. The average molecular weight is 275 g/mol. The number of rotatable bonds is 4. The van der Waals surface area contributed by atoms with Crippen LogP contribution in [0, 0.1) is 0 Å². The van der Waals surface area contributed by atoms with Crippen molar-refractivity contribution in [1.82, 2.24) is 5.32 Å². The van der Waals surface area contributed by atoms with Gasteiger partial charge in [-0.2, -0.15) is 0 Å². The summed E-state index contributed by atoms with van der Waals surface area (Å²) in [6, 6.07) is 0.156. The van der Waals surface area contributed by atoms with Gasteiger partial charge in [-0.05, 0) is 32.1 Å². The number of carboxylic acid groups (broad SMARTS) is 1. The quantitative estimate of drug-likeness (QED) is 0.797. The Labute approximate surface area is 108 Å². The summed E-state index contributed by atoms with van der Waals surface area (Å²) in [4.78, 5) is 11.6. The van der Waals surface area contributed by atoms with Gasteiger partial charge in [0.2, 0.25) is 0 Å². The lowest BCUT2D eigenvalue weighted by Crippen LogP contribution is -2.61. The molecule has 2 saturated carbocycles. The standard InChI is InChI=1S/C12H21NO4S/c1-18(16,17)10-7-4-8-12(10,11(14)15)13-9-5-2-3-6-9/h9-10,13H,2-8H2,1H3,(H,14,15). The van der Waals surface area contributed by atoms with Crippen molar-refractivity contribution in [2.45, 2.75) is 61.8 Å². The molecule has 0 saturated heterocycles. The molecule has 2 aliphatic carbocycles. The van der Waals surface area contributed by atoms with Crippen LogP contribution in [-0.2, 0) is 14.6 Å². The zero-order valence-electron chi connectivity index (χ0n) is 10.7. The summed E-state index contributed by atoms with van der Waals surface area (Å²) in [6.45, 7) is 0. The SMILES string of the molecule is CS(=O)(=O)C1CCCC1(NC1CCCC1)C(=O)O. The number of carboxylic acids is 1. The van der Waals surface area contributed by atoms with Crippen LogP contribution < -0.4 is 5.32 Å². The second-order valence-electron chi connectivity index (χ2n) is 5.61. The maximum Gasteiger partial charge on any atom is 0.325 e. The van der Waals surface area contributed by atoms with Gasteiger partial charge in [-0.25, -0.2) is 8.42 Å². The van der Waals surface area contributed by atoms with Gasteiger partial charge in [0.05, 0.1) is 5.25 Å². The number of hydrogen-bond donors (Lipinski definition) is 2. The first-order chi connectivity index (χ1) is 8.36. The van der Waals surface area contributed by atoms with E-state index in [9.17, 15) is 18.3 Å². The van der Waals surface area contributed by atoms with Gasteiger partial charge in [0.15, 0.2) is 9.84 Å². The molecule has 0 aliphatic heterocycles. The molecule has 0 aromatic heterocycles. The molecule has 2 rings (SSSR count). The summed E-state index contributed by atoms with van der Waals surface area (Å²) >= 11 is 0. The molecule has 0 spiro atoms. The number of aliphatic carboxylic acids is 1. The van der Waals surface area contributed by atoms with E-state index in [1.165, 1.54) is 0 Å². The van der Waals surface area contributed by atoms with Gasteiger partial charge in [-0.15, -0.1) is 0 Å². The van der Waals surface area contributed by atoms with E-state index in [2.05, 4.69) is 5.32 Å². The summed E-state index contributed by atoms with van der Waals surface area (Å²) in [5.41, 5.74) is -1.26. The van der Waals surface area contributed by atoms with E-state index in [0.717, 1.165) is 31.9 Å². The fourth-order valence-electron chi connectivity index (χ4n) is 3.46. The first kappa shape index (κ1) is 13.8. The molecule has 0 aromatic carbocycles. The van der Waals surface area contributed by atoms with Gasteiger partial charge < -0.3 is 5.11 Å². The van der Waals surface area contributed by atoms with Crippen molar-refractivity contribution < 1.29 is 18.3 Å². The number of carbonyl (C=O) groups is 1. The van der Waals surface area contributed by atoms with Crippen LogP contribution in [0.2, 0.25) is 0 Å². The number of sulfone groups is 1. The van der Waals surface area contributed by atoms with Crippen LogP contribution in [0.3, 0.4) is 0 Å². The zero-order chi connectivity index (χ0) is 13.4. The molecule has 0 radical (unpaired) electrons. The summed E-state index contributed by atoms with van der Waals surface area (Å²) in [5, 5.41) is 11.9. The Morgan fingerprint density at radius 2 is 1.83 bits per heavy atom. The lowest BCUT2D eigenvalue weighted by molar-refractivity contribution is -0.144. The van der Waals surface area contributed by atoms with Gasteiger partial charge in [0.25, 0.3) is 0 Å². The van der Waals surface area contributed by atoms with Crippen LogP contribution in [0.4, 0.5) is 0 Å². The first-order valence-electron chi connectivity index (χ1n) is 6.56. The first-order valence-corrected chi connectivity index (χ1v) is 8.52. The molecule has 18 heavy (non-hydrogen) atoms. The molecule has 104 valence electrons. The second-order valence-corrected chi connectivity index (χ2v) is 7.84. The van der Waals surface area contributed by atoms with Crippen molar-refractivity contribution in [3.63, 3.8) is 0 Å². The van der Waals surface area contributed by atoms with Crippen LogP contribution in [0.1, 0.15) is 44.9 Å². The predicted octanol–water partition coefficient (Wildman–Crippen LogP) is 0.939. The van der Waals surface area contributed by atoms with E-state index in [-0.39, 0.29) is 6.04 Å². The minimum atomic E-state index is -3.34. The van der Waals surface area contributed by atoms with Crippen molar-refractivity contribution in [1.29, 1.82) is 0 Å².